The molecule has 1 heterocycles. The molecule has 0 radical (unpaired) electrons. The lowest BCUT2D eigenvalue weighted by molar-refractivity contribution is -0.136. The number of carboxylic acid groups (broad SMARTS) is 1. The maximum absolute atomic E-state index is 10.5. The number of aryl methyl sites for hydroxylation is 1. The molecule has 4 heteroatoms. The summed E-state index contributed by atoms with van der Waals surface area (Å²) in [5.74, 6) is -0.791. The average molecular weight is 244 g/mol. The zero-order valence-electron chi connectivity index (χ0n) is 10.3. The van der Waals surface area contributed by atoms with Crippen molar-refractivity contribution in [1.29, 1.82) is 0 Å². The Bertz CT molecular complexity index is 520. The van der Waals surface area contributed by atoms with E-state index in [1.165, 1.54) is 5.56 Å². The molecule has 2 aromatic rings. The Balaban J connectivity index is 2.08. The molecule has 2 rings (SSSR count). The number of benzene rings is 1. The van der Waals surface area contributed by atoms with Crippen molar-refractivity contribution in [2.45, 2.75) is 25.8 Å². The van der Waals surface area contributed by atoms with Gasteiger partial charge in [-0.1, -0.05) is 30.3 Å². The average Bonchev–Trinajstić information content (AvgIpc) is 2.85. The number of hydrogen-bond donors (Lipinski definition) is 1. The van der Waals surface area contributed by atoms with Crippen molar-refractivity contribution in [3.8, 4) is 0 Å². The lowest BCUT2D eigenvalue weighted by atomic mass is 10.1. The van der Waals surface area contributed by atoms with E-state index in [-0.39, 0.29) is 12.5 Å². The van der Waals surface area contributed by atoms with Crippen LogP contribution >= 0.6 is 0 Å². The van der Waals surface area contributed by atoms with E-state index in [2.05, 4.69) is 24.0 Å². The number of hydrogen-bond acceptors (Lipinski definition) is 2. The Labute approximate surface area is 106 Å². The van der Waals surface area contributed by atoms with Crippen LogP contribution in [0.3, 0.4) is 0 Å². The van der Waals surface area contributed by atoms with Crippen LogP contribution < -0.4 is 0 Å². The van der Waals surface area contributed by atoms with Crippen molar-refractivity contribution in [2.24, 2.45) is 0 Å². The summed E-state index contributed by atoms with van der Waals surface area (Å²) in [7, 11) is 0. The van der Waals surface area contributed by atoms with Crippen LogP contribution in [0.1, 0.15) is 30.6 Å². The van der Waals surface area contributed by atoms with Gasteiger partial charge in [-0.3, -0.25) is 4.79 Å². The van der Waals surface area contributed by atoms with E-state index in [0.717, 1.165) is 5.69 Å². The molecule has 1 atom stereocenters. The molecule has 0 saturated heterocycles. The van der Waals surface area contributed by atoms with Crippen molar-refractivity contribution >= 4 is 5.97 Å². The summed E-state index contributed by atoms with van der Waals surface area (Å²) >= 11 is 0. The minimum atomic E-state index is -0.791. The van der Waals surface area contributed by atoms with Gasteiger partial charge in [0.25, 0.3) is 0 Å². The Kier molecular flexibility index (Phi) is 3.77. The van der Waals surface area contributed by atoms with E-state index >= 15 is 0 Å². The maximum atomic E-state index is 10.5. The van der Waals surface area contributed by atoms with Gasteiger partial charge in [-0.2, -0.15) is 0 Å². The molecule has 0 bridgehead atoms. The number of rotatable bonds is 5. The van der Waals surface area contributed by atoms with Crippen LogP contribution in [0.25, 0.3) is 0 Å². The third-order valence-electron chi connectivity index (χ3n) is 2.98. The van der Waals surface area contributed by atoms with E-state index in [4.69, 9.17) is 5.11 Å². The van der Waals surface area contributed by atoms with Crippen LogP contribution in [0, 0.1) is 0 Å². The first-order valence-electron chi connectivity index (χ1n) is 5.96. The number of aliphatic carboxylic acids is 1. The summed E-state index contributed by atoms with van der Waals surface area (Å²) in [5, 5.41) is 8.63. The van der Waals surface area contributed by atoms with Gasteiger partial charge in [0.1, 0.15) is 0 Å². The molecule has 18 heavy (non-hydrogen) atoms. The topological polar surface area (TPSA) is 55.1 Å². The number of carboxylic acids is 1. The van der Waals surface area contributed by atoms with E-state index in [1.54, 1.807) is 6.33 Å². The van der Waals surface area contributed by atoms with Crippen LogP contribution in [0.4, 0.5) is 0 Å². The maximum Gasteiger partial charge on any atom is 0.303 e. The van der Waals surface area contributed by atoms with Gasteiger partial charge < -0.3 is 9.67 Å². The van der Waals surface area contributed by atoms with Gasteiger partial charge >= 0.3 is 5.97 Å². The lowest BCUT2D eigenvalue weighted by Gasteiger charge is -2.12. The SMILES string of the molecule is CC(c1ccccc1)n1cnc(CCC(=O)O)c1. The van der Waals surface area contributed by atoms with Crippen molar-refractivity contribution in [1.82, 2.24) is 9.55 Å². The molecule has 0 fully saturated rings. The number of imidazole rings is 1. The molecular weight excluding hydrogens is 228 g/mol. The second-order valence-electron chi connectivity index (χ2n) is 4.29. The molecule has 1 unspecified atom stereocenters. The van der Waals surface area contributed by atoms with Gasteiger partial charge in [0.15, 0.2) is 0 Å². The van der Waals surface area contributed by atoms with Crippen LogP contribution in [0.15, 0.2) is 42.9 Å². The van der Waals surface area contributed by atoms with Crippen LogP contribution in [0.5, 0.6) is 0 Å². The first kappa shape index (κ1) is 12.4. The Morgan fingerprint density at radius 1 is 1.39 bits per heavy atom. The summed E-state index contributed by atoms with van der Waals surface area (Å²) in [4.78, 5) is 14.7. The quantitative estimate of drug-likeness (QED) is 0.879. The van der Waals surface area contributed by atoms with Gasteiger partial charge in [0.2, 0.25) is 0 Å². The van der Waals surface area contributed by atoms with E-state index in [1.807, 2.05) is 29.0 Å². The molecule has 0 spiro atoms. The highest BCUT2D eigenvalue weighted by atomic mass is 16.4. The molecule has 4 nitrogen and oxygen atoms in total. The van der Waals surface area contributed by atoms with Crippen molar-refractivity contribution in [3.63, 3.8) is 0 Å². The predicted octanol–water partition coefficient (Wildman–Crippen LogP) is 2.51. The summed E-state index contributed by atoms with van der Waals surface area (Å²) in [6.45, 7) is 2.10. The Morgan fingerprint density at radius 3 is 2.78 bits per heavy atom. The third kappa shape index (κ3) is 2.97. The minimum absolute atomic E-state index is 0.122. The second kappa shape index (κ2) is 5.49. The van der Waals surface area contributed by atoms with Crippen LogP contribution in [-0.2, 0) is 11.2 Å². The summed E-state index contributed by atoms with van der Waals surface area (Å²) in [6, 6.07) is 10.4. The zero-order valence-corrected chi connectivity index (χ0v) is 10.3. The summed E-state index contributed by atoms with van der Waals surface area (Å²) < 4.78 is 2.01. The summed E-state index contributed by atoms with van der Waals surface area (Å²) in [5.41, 5.74) is 2.03. The minimum Gasteiger partial charge on any atom is -0.481 e. The molecule has 1 N–H and O–H groups in total. The third-order valence-corrected chi connectivity index (χ3v) is 2.98. The fourth-order valence-corrected chi connectivity index (χ4v) is 1.86. The normalized spacial score (nSPS) is 12.3. The number of carbonyl (C=O) groups is 1. The fraction of sp³-hybridized carbons (Fsp3) is 0.286. The first-order chi connectivity index (χ1) is 8.66. The zero-order chi connectivity index (χ0) is 13.0. The number of aromatic nitrogens is 2. The molecular formula is C14H16N2O2. The molecule has 0 aliphatic heterocycles. The van der Waals surface area contributed by atoms with Crippen molar-refractivity contribution in [2.75, 3.05) is 0 Å². The van der Waals surface area contributed by atoms with Crippen molar-refractivity contribution in [3.05, 3.63) is 54.1 Å². The Morgan fingerprint density at radius 2 is 2.11 bits per heavy atom. The highest BCUT2D eigenvalue weighted by Crippen LogP contribution is 2.17. The molecule has 0 aliphatic rings. The highest BCUT2D eigenvalue weighted by molar-refractivity contribution is 5.66. The number of nitrogens with zero attached hydrogens (tertiary/aromatic N) is 2. The van der Waals surface area contributed by atoms with Gasteiger partial charge in [0.05, 0.1) is 24.5 Å². The van der Waals surface area contributed by atoms with Crippen LogP contribution in [-0.4, -0.2) is 20.6 Å². The molecule has 0 aliphatic carbocycles. The van der Waals surface area contributed by atoms with Gasteiger partial charge in [-0.15, -0.1) is 0 Å². The molecule has 1 aromatic heterocycles. The summed E-state index contributed by atoms with van der Waals surface area (Å²) in [6.07, 6.45) is 4.27. The van der Waals surface area contributed by atoms with Gasteiger partial charge in [0, 0.05) is 12.6 Å². The van der Waals surface area contributed by atoms with Crippen molar-refractivity contribution < 1.29 is 9.90 Å². The lowest BCUT2D eigenvalue weighted by Crippen LogP contribution is -2.04. The Hall–Kier alpha value is -2.10. The first-order valence-corrected chi connectivity index (χ1v) is 5.96. The molecule has 94 valence electrons. The van der Waals surface area contributed by atoms with Gasteiger partial charge in [-0.25, -0.2) is 4.98 Å². The second-order valence-corrected chi connectivity index (χ2v) is 4.29. The fourth-order valence-electron chi connectivity index (χ4n) is 1.86. The smallest absolute Gasteiger partial charge is 0.303 e. The van der Waals surface area contributed by atoms with Gasteiger partial charge in [-0.05, 0) is 12.5 Å². The van der Waals surface area contributed by atoms with E-state index in [0.29, 0.717) is 6.42 Å². The monoisotopic (exact) mass is 244 g/mol. The standard InChI is InChI=1S/C14H16N2O2/c1-11(12-5-3-2-4-6-12)16-9-13(15-10-16)7-8-14(17)18/h2-6,9-11H,7-8H2,1H3,(H,17,18). The predicted molar refractivity (Wildman–Crippen MR) is 68.4 cm³/mol. The molecule has 0 saturated carbocycles. The van der Waals surface area contributed by atoms with E-state index in [9.17, 15) is 4.79 Å². The largest absolute Gasteiger partial charge is 0.481 e. The van der Waals surface area contributed by atoms with Crippen LogP contribution in [0.2, 0.25) is 0 Å². The molecule has 1 aromatic carbocycles. The molecule has 0 amide bonds. The highest BCUT2D eigenvalue weighted by Gasteiger charge is 2.09. The van der Waals surface area contributed by atoms with E-state index < -0.39 is 5.97 Å².